The summed E-state index contributed by atoms with van der Waals surface area (Å²) in [7, 11) is -3.62. The van der Waals surface area contributed by atoms with Crippen molar-refractivity contribution < 1.29 is 13.0 Å². The standard InChI is InChI=1S/C15H19N3O3S/c1-9(12-8-10-5-6-11(12)7-10)18-22(19,20)14-4-2-3-13-15(14)17-21-16-13/h2-4,9-12,18H,5-8H2,1H3. The molecule has 4 atom stereocenters. The van der Waals surface area contributed by atoms with E-state index in [0.29, 0.717) is 17.4 Å². The fourth-order valence-corrected chi connectivity index (χ4v) is 5.75. The van der Waals surface area contributed by atoms with Gasteiger partial charge in [0.05, 0.1) is 0 Å². The van der Waals surface area contributed by atoms with Gasteiger partial charge in [-0.2, -0.15) is 0 Å². The van der Waals surface area contributed by atoms with Gasteiger partial charge in [0.2, 0.25) is 10.0 Å². The van der Waals surface area contributed by atoms with Gasteiger partial charge < -0.3 is 0 Å². The summed E-state index contributed by atoms with van der Waals surface area (Å²) in [6, 6.07) is 4.83. The molecule has 0 saturated heterocycles. The highest BCUT2D eigenvalue weighted by Crippen LogP contribution is 2.49. The Morgan fingerprint density at radius 3 is 2.86 bits per heavy atom. The number of rotatable bonds is 4. The van der Waals surface area contributed by atoms with Crippen LogP contribution >= 0.6 is 0 Å². The fourth-order valence-electron chi connectivity index (χ4n) is 4.30. The summed E-state index contributed by atoms with van der Waals surface area (Å²) in [5, 5.41) is 7.42. The highest BCUT2D eigenvalue weighted by atomic mass is 32.2. The highest BCUT2D eigenvalue weighted by Gasteiger charge is 2.42. The summed E-state index contributed by atoms with van der Waals surface area (Å²) < 4.78 is 32.9. The first kappa shape index (κ1) is 14.1. The van der Waals surface area contributed by atoms with E-state index >= 15 is 0 Å². The van der Waals surface area contributed by atoms with Gasteiger partial charge in [0, 0.05) is 6.04 Å². The van der Waals surface area contributed by atoms with Gasteiger partial charge in [-0.05, 0) is 66.4 Å². The van der Waals surface area contributed by atoms with E-state index in [9.17, 15) is 8.42 Å². The molecule has 2 aliphatic rings. The summed E-state index contributed by atoms with van der Waals surface area (Å²) in [5.41, 5.74) is 0.741. The van der Waals surface area contributed by atoms with E-state index in [1.807, 2.05) is 6.92 Å². The molecule has 4 rings (SSSR count). The van der Waals surface area contributed by atoms with Crippen LogP contribution in [0, 0.1) is 17.8 Å². The average molecular weight is 321 g/mol. The van der Waals surface area contributed by atoms with Gasteiger partial charge >= 0.3 is 0 Å². The van der Waals surface area contributed by atoms with Gasteiger partial charge in [0.25, 0.3) is 0 Å². The summed E-state index contributed by atoms with van der Waals surface area (Å²) >= 11 is 0. The molecule has 4 unspecified atom stereocenters. The monoisotopic (exact) mass is 321 g/mol. The normalized spacial score (nSPS) is 29.2. The first-order valence-electron chi connectivity index (χ1n) is 7.78. The van der Waals surface area contributed by atoms with Gasteiger partial charge in [-0.15, -0.1) is 0 Å². The van der Waals surface area contributed by atoms with Gasteiger partial charge in [-0.25, -0.2) is 17.8 Å². The molecule has 1 aromatic heterocycles. The molecule has 118 valence electrons. The van der Waals surface area contributed by atoms with E-state index in [-0.39, 0.29) is 16.5 Å². The zero-order chi connectivity index (χ0) is 15.3. The van der Waals surface area contributed by atoms with Gasteiger partial charge in [-0.1, -0.05) is 12.5 Å². The van der Waals surface area contributed by atoms with Gasteiger partial charge in [0.15, 0.2) is 5.52 Å². The minimum atomic E-state index is -3.62. The zero-order valence-electron chi connectivity index (χ0n) is 12.4. The Bertz CT molecular complexity index is 801. The maximum absolute atomic E-state index is 12.7. The summed E-state index contributed by atoms with van der Waals surface area (Å²) in [6.07, 6.45) is 4.96. The van der Waals surface area contributed by atoms with Crippen LogP contribution in [0.1, 0.15) is 32.6 Å². The number of fused-ring (bicyclic) bond motifs is 3. The molecule has 22 heavy (non-hydrogen) atoms. The lowest BCUT2D eigenvalue weighted by molar-refractivity contribution is 0.280. The Morgan fingerprint density at radius 1 is 1.27 bits per heavy atom. The number of nitrogens with one attached hydrogen (secondary N) is 1. The van der Waals surface area contributed by atoms with E-state index in [4.69, 9.17) is 0 Å². The Hall–Kier alpha value is -1.47. The fraction of sp³-hybridized carbons (Fsp3) is 0.600. The van der Waals surface area contributed by atoms with Crippen LogP contribution < -0.4 is 4.72 Å². The van der Waals surface area contributed by atoms with Crippen LogP contribution in [0.5, 0.6) is 0 Å². The van der Waals surface area contributed by atoms with E-state index < -0.39 is 10.0 Å². The first-order valence-corrected chi connectivity index (χ1v) is 9.26. The average Bonchev–Trinajstić information content (AvgIpc) is 3.21. The van der Waals surface area contributed by atoms with Crippen molar-refractivity contribution in [3.05, 3.63) is 18.2 Å². The van der Waals surface area contributed by atoms with Crippen molar-refractivity contribution in [2.24, 2.45) is 17.8 Å². The largest absolute Gasteiger partial charge is 0.243 e. The lowest BCUT2D eigenvalue weighted by Crippen LogP contribution is -2.40. The predicted octanol–water partition coefficient (Wildman–Crippen LogP) is 2.33. The smallest absolute Gasteiger partial charge is 0.243 e. The SMILES string of the molecule is CC(NS(=O)(=O)c1cccc2nonc12)C1CC2CCC1C2. The van der Waals surface area contributed by atoms with Crippen molar-refractivity contribution in [1.82, 2.24) is 15.0 Å². The molecule has 2 saturated carbocycles. The minimum absolute atomic E-state index is 0.0598. The van der Waals surface area contributed by atoms with E-state index in [0.717, 1.165) is 12.3 Å². The number of hydrogen-bond donors (Lipinski definition) is 1. The Balaban J connectivity index is 1.60. The van der Waals surface area contributed by atoms with Crippen molar-refractivity contribution in [2.75, 3.05) is 0 Å². The molecule has 1 heterocycles. The number of aromatic nitrogens is 2. The van der Waals surface area contributed by atoms with Crippen molar-refractivity contribution >= 4 is 21.1 Å². The highest BCUT2D eigenvalue weighted by molar-refractivity contribution is 7.89. The quantitative estimate of drug-likeness (QED) is 0.934. The third-order valence-electron chi connectivity index (χ3n) is 5.31. The summed E-state index contributed by atoms with van der Waals surface area (Å²) in [5.74, 6) is 1.92. The molecular formula is C15H19N3O3S. The Morgan fingerprint density at radius 2 is 2.14 bits per heavy atom. The molecule has 1 aromatic carbocycles. The second kappa shape index (κ2) is 5.03. The van der Waals surface area contributed by atoms with Crippen LogP contribution in [0.4, 0.5) is 0 Å². The summed E-state index contributed by atoms with van der Waals surface area (Å²) in [6.45, 7) is 1.98. The van der Waals surface area contributed by atoms with Crippen LogP contribution in [0.15, 0.2) is 27.7 Å². The van der Waals surface area contributed by atoms with Crippen LogP contribution in [0.2, 0.25) is 0 Å². The van der Waals surface area contributed by atoms with Crippen LogP contribution in [0.25, 0.3) is 11.0 Å². The van der Waals surface area contributed by atoms with Crippen molar-refractivity contribution in [3.8, 4) is 0 Å². The Kier molecular flexibility index (Phi) is 3.23. The lowest BCUT2D eigenvalue weighted by Gasteiger charge is -2.28. The molecule has 0 amide bonds. The maximum atomic E-state index is 12.7. The number of hydrogen-bond acceptors (Lipinski definition) is 5. The molecule has 7 heteroatoms. The van der Waals surface area contributed by atoms with E-state index in [1.54, 1.807) is 18.2 Å². The maximum Gasteiger partial charge on any atom is 0.243 e. The molecule has 0 aliphatic heterocycles. The second-order valence-electron chi connectivity index (χ2n) is 6.64. The van der Waals surface area contributed by atoms with Crippen molar-refractivity contribution in [3.63, 3.8) is 0 Å². The third-order valence-corrected chi connectivity index (χ3v) is 6.91. The third kappa shape index (κ3) is 2.23. The van der Waals surface area contributed by atoms with Gasteiger partial charge in [-0.3, -0.25) is 0 Å². The number of sulfonamides is 1. The van der Waals surface area contributed by atoms with Crippen LogP contribution in [-0.2, 0) is 10.0 Å². The van der Waals surface area contributed by atoms with Crippen molar-refractivity contribution in [1.29, 1.82) is 0 Å². The molecule has 2 aliphatic carbocycles. The van der Waals surface area contributed by atoms with Gasteiger partial charge in [0.1, 0.15) is 10.4 Å². The second-order valence-corrected chi connectivity index (χ2v) is 8.32. The molecule has 2 fully saturated rings. The molecular weight excluding hydrogens is 302 g/mol. The predicted molar refractivity (Wildman–Crippen MR) is 80.5 cm³/mol. The van der Waals surface area contributed by atoms with E-state index in [1.165, 1.54) is 19.3 Å². The first-order chi connectivity index (χ1) is 10.5. The topological polar surface area (TPSA) is 85.1 Å². The van der Waals surface area contributed by atoms with Crippen LogP contribution in [0.3, 0.4) is 0 Å². The Labute approximate surface area is 129 Å². The molecule has 0 spiro atoms. The van der Waals surface area contributed by atoms with Crippen LogP contribution in [-0.4, -0.2) is 24.8 Å². The molecule has 1 N–H and O–H groups in total. The van der Waals surface area contributed by atoms with E-state index in [2.05, 4.69) is 19.7 Å². The molecule has 2 bridgehead atoms. The molecule has 2 aromatic rings. The van der Waals surface area contributed by atoms with Crippen molar-refractivity contribution in [2.45, 2.75) is 43.5 Å². The molecule has 6 nitrogen and oxygen atoms in total. The minimum Gasteiger partial charge on any atom is -0.243 e. The number of nitrogens with zero attached hydrogens (tertiary/aromatic N) is 2. The molecule has 0 radical (unpaired) electrons. The number of benzene rings is 1. The summed E-state index contributed by atoms with van der Waals surface area (Å²) in [4.78, 5) is 0.140. The lowest BCUT2D eigenvalue weighted by atomic mass is 9.84. The zero-order valence-corrected chi connectivity index (χ0v) is 13.2.